The summed E-state index contributed by atoms with van der Waals surface area (Å²) >= 11 is 5.32. The molecular weight excluding hydrogens is 403 g/mol. The normalized spacial score (nSPS) is 25.0. The Balaban J connectivity index is 1.88. The van der Waals surface area contributed by atoms with Crippen LogP contribution in [0.2, 0.25) is 0 Å². The molecule has 0 saturated carbocycles. The first-order valence-corrected chi connectivity index (χ1v) is 11.9. The van der Waals surface area contributed by atoms with Crippen molar-refractivity contribution in [3.63, 3.8) is 0 Å². The van der Waals surface area contributed by atoms with Gasteiger partial charge in [-0.25, -0.2) is 4.98 Å². The minimum atomic E-state index is -2.96. The molecule has 5 N–H and O–H groups in total. The summed E-state index contributed by atoms with van der Waals surface area (Å²) in [5.41, 5.74) is 12.4. The van der Waals surface area contributed by atoms with Crippen molar-refractivity contribution in [3.05, 3.63) is 6.33 Å². The van der Waals surface area contributed by atoms with Gasteiger partial charge in [0.2, 0.25) is 5.95 Å². The third-order valence-electron chi connectivity index (χ3n) is 4.49. The fourth-order valence-corrected chi connectivity index (χ4v) is 4.09. The molecule has 0 amide bonds. The number of fused-ring (bicyclic) bond motifs is 1. The molecule has 1 aliphatic heterocycles. The average molecular weight is 430 g/mol. The molecule has 2 aromatic rings. The monoisotopic (exact) mass is 430 g/mol. The van der Waals surface area contributed by atoms with Crippen LogP contribution in [0.5, 0.6) is 0 Å². The van der Waals surface area contributed by atoms with Gasteiger partial charge in [-0.3, -0.25) is 4.57 Å². The molecule has 0 aliphatic carbocycles. The van der Waals surface area contributed by atoms with Gasteiger partial charge in [0.05, 0.1) is 25.1 Å². The summed E-state index contributed by atoms with van der Waals surface area (Å²) < 4.78 is 19.6. The van der Waals surface area contributed by atoms with Gasteiger partial charge in [-0.1, -0.05) is 13.8 Å². The Bertz CT molecular complexity index is 891. The highest BCUT2D eigenvalue weighted by atomic mass is 32.5. The third kappa shape index (κ3) is 4.45. The van der Waals surface area contributed by atoms with Crippen LogP contribution in [-0.4, -0.2) is 55.0 Å². The van der Waals surface area contributed by atoms with Crippen molar-refractivity contribution in [1.82, 2.24) is 19.5 Å². The van der Waals surface area contributed by atoms with Gasteiger partial charge >= 0.3 is 0 Å². The number of nitrogen functional groups attached to an aromatic ring is 2. The second kappa shape index (κ2) is 8.17. The van der Waals surface area contributed by atoms with E-state index < -0.39 is 24.9 Å². The fourth-order valence-electron chi connectivity index (χ4n) is 2.90. The van der Waals surface area contributed by atoms with E-state index in [0.29, 0.717) is 24.2 Å². The number of hydrogen-bond acceptors (Lipinski definition) is 9. The summed E-state index contributed by atoms with van der Waals surface area (Å²) in [5, 5.41) is 0. The molecule has 156 valence electrons. The number of nitrogens with zero attached hydrogens (tertiary/aromatic N) is 4. The van der Waals surface area contributed by atoms with Gasteiger partial charge in [-0.15, -0.1) is 0 Å². The van der Waals surface area contributed by atoms with Gasteiger partial charge in [-0.2, -0.15) is 9.97 Å². The molecule has 28 heavy (non-hydrogen) atoms. The van der Waals surface area contributed by atoms with Crippen LogP contribution in [0.1, 0.15) is 40.3 Å². The number of hydrogen-bond donors (Lipinski definition) is 3. The largest absolute Gasteiger partial charge is 0.382 e. The number of rotatable bonds is 7. The summed E-state index contributed by atoms with van der Waals surface area (Å²) in [6, 6.07) is 0. The first kappa shape index (κ1) is 21.4. The van der Waals surface area contributed by atoms with Crippen molar-refractivity contribution >= 4 is 41.2 Å². The van der Waals surface area contributed by atoms with Crippen LogP contribution in [0.25, 0.3) is 11.2 Å². The molecule has 10 nitrogen and oxygen atoms in total. The summed E-state index contributed by atoms with van der Waals surface area (Å²) in [7, 11) is 0. The molecule has 0 aromatic carbocycles. The zero-order valence-electron chi connectivity index (χ0n) is 16.3. The van der Waals surface area contributed by atoms with Crippen LogP contribution >= 0.6 is 6.49 Å². The Morgan fingerprint density at radius 3 is 2.71 bits per heavy atom. The van der Waals surface area contributed by atoms with E-state index in [1.165, 1.54) is 0 Å². The summed E-state index contributed by atoms with van der Waals surface area (Å²) in [5.74, 6) is 0.264. The van der Waals surface area contributed by atoms with E-state index in [0.717, 1.165) is 0 Å². The van der Waals surface area contributed by atoms with Gasteiger partial charge in [0.15, 0.2) is 18.0 Å². The maximum absolute atomic E-state index is 10.5. The van der Waals surface area contributed by atoms with E-state index in [2.05, 4.69) is 15.0 Å². The van der Waals surface area contributed by atoms with E-state index in [1.54, 1.807) is 10.9 Å². The minimum Gasteiger partial charge on any atom is -0.382 e. The van der Waals surface area contributed by atoms with E-state index in [1.807, 2.05) is 27.7 Å². The highest BCUT2D eigenvalue weighted by Crippen LogP contribution is 2.51. The Kier molecular flexibility index (Phi) is 6.23. The van der Waals surface area contributed by atoms with Gasteiger partial charge in [0.1, 0.15) is 17.8 Å². The second-order valence-electron chi connectivity index (χ2n) is 7.34. The highest BCUT2D eigenvalue weighted by Gasteiger charge is 2.41. The van der Waals surface area contributed by atoms with E-state index in [4.69, 9.17) is 37.3 Å². The van der Waals surface area contributed by atoms with Crippen molar-refractivity contribution in [2.75, 3.05) is 18.1 Å². The molecule has 0 bridgehead atoms. The lowest BCUT2D eigenvalue weighted by molar-refractivity contribution is -0.0695. The molecule has 3 rings (SSSR count). The second-order valence-corrected chi connectivity index (χ2v) is 11.3. The number of imidazole rings is 1. The van der Waals surface area contributed by atoms with Crippen molar-refractivity contribution < 1.29 is 18.9 Å². The Hall–Kier alpha value is -1.36. The van der Waals surface area contributed by atoms with Crippen molar-refractivity contribution in [3.8, 4) is 0 Å². The first-order valence-electron chi connectivity index (χ1n) is 9.12. The lowest BCUT2D eigenvalue weighted by atomic mass is 10.2. The standard InChI is InChI=1S/C16H27N6O4PS/c1-8(2)24-6-11-10(26-27(23,28)9(3)4)5-12(25-11)22-7-19-13-14(17)20-16(18)21-15(13)22/h7-12H,5-6H2,1-4H3,(H,23,28)(H4,17,18,20,21)/t10?,11-,12-,27?/m1/s1. The van der Waals surface area contributed by atoms with Crippen molar-refractivity contribution in [2.45, 2.75) is 64.3 Å². The quantitative estimate of drug-likeness (QED) is 0.556. The van der Waals surface area contributed by atoms with Crippen molar-refractivity contribution in [2.24, 2.45) is 0 Å². The number of ether oxygens (including phenoxy) is 2. The van der Waals surface area contributed by atoms with Crippen LogP contribution in [0.3, 0.4) is 0 Å². The predicted octanol–water partition coefficient (Wildman–Crippen LogP) is 1.80. The zero-order valence-corrected chi connectivity index (χ0v) is 18.1. The van der Waals surface area contributed by atoms with Crippen LogP contribution in [0.15, 0.2) is 6.33 Å². The van der Waals surface area contributed by atoms with E-state index in [9.17, 15) is 4.89 Å². The fraction of sp³-hybridized carbons (Fsp3) is 0.688. The molecule has 0 radical (unpaired) electrons. The number of anilines is 2. The molecule has 4 atom stereocenters. The summed E-state index contributed by atoms with van der Waals surface area (Å²) in [6.07, 6.45) is 0.816. The molecule has 2 unspecified atom stereocenters. The lowest BCUT2D eigenvalue weighted by Gasteiger charge is -2.26. The Morgan fingerprint density at radius 1 is 1.36 bits per heavy atom. The van der Waals surface area contributed by atoms with E-state index in [-0.39, 0.29) is 23.5 Å². The molecule has 1 aliphatic rings. The molecule has 2 aromatic heterocycles. The topological polar surface area (TPSA) is 144 Å². The molecular formula is C16H27N6O4PS. The maximum Gasteiger partial charge on any atom is 0.224 e. The van der Waals surface area contributed by atoms with Crippen LogP contribution in [-0.2, 0) is 25.8 Å². The van der Waals surface area contributed by atoms with Gasteiger partial charge in [-0.05, 0) is 25.7 Å². The Morgan fingerprint density at radius 2 is 2.07 bits per heavy atom. The van der Waals surface area contributed by atoms with Crippen LogP contribution in [0, 0.1) is 0 Å². The molecule has 3 heterocycles. The molecule has 0 spiro atoms. The minimum absolute atomic E-state index is 0.0343. The Labute approximate surface area is 168 Å². The lowest BCUT2D eigenvalue weighted by Crippen LogP contribution is -2.30. The van der Waals surface area contributed by atoms with Crippen LogP contribution < -0.4 is 11.5 Å². The number of aromatic nitrogens is 4. The third-order valence-corrected chi connectivity index (χ3v) is 7.89. The molecule has 12 heteroatoms. The smallest absolute Gasteiger partial charge is 0.224 e. The highest BCUT2D eigenvalue weighted by molar-refractivity contribution is 8.09. The van der Waals surface area contributed by atoms with E-state index >= 15 is 0 Å². The van der Waals surface area contributed by atoms with Crippen molar-refractivity contribution in [1.29, 1.82) is 0 Å². The molecule has 1 saturated heterocycles. The predicted molar refractivity (Wildman–Crippen MR) is 110 cm³/mol. The average Bonchev–Trinajstić information content (AvgIpc) is 3.16. The van der Waals surface area contributed by atoms with Gasteiger partial charge in [0.25, 0.3) is 0 Å². The maximum atomic E-state index is 10.5. The first-order chi connectivity index (χ1) is 13.1. The summed E-state index contributed by atoms with van der Waals surface area (Å²) in [4.78, 5) is 23.0. The van der Waals surface area contributed by atoms with Gasteiger partial charge < -0.3 is 30.4 Å². The van der Waals surface area contributed by atoms with Gasteiger partial charge in [0, 0.05) is 12.1 Å². The number of nitrogens with two attached hydrogens (primary N) is 2. The SMILES string of the molecule is CC(C)OC[C@H]1O[C@@H](n2cnc3c(N)nc(N)nc32)CC1OP(O)(=S)C(C)C. The molecule has 1 fully saturated rings. The summed E-state index contributed by atoms with van der Waals surface area (Å²) in [6.45, 7) is 4.94. The van der Waals surface area contributed by atoms with Crippen LogP contribution in [0.4, 0.5) is 11.8 Å². The zero-order chi connectivity index (χ0) is 20.6.